The number of ether oxygens (including phenoxy) is 5. The van der Waals surface area contributed by atoms with Crippen LogP contribution in [0.2, 0.25) is 0 Å². The lowest BCUT2D eigenvalue weighted by atomic mass is 10.0. The Labute approximate surface area is 273 Å². The zero-order valence-electron chi connectivity index (χ0n) is 25.3. The van der Waals surface area contributed by atoms with E-state index in [1.54, 1.807) is 0 Å². The number of aromatic nitrogens is 2. The van der Waals surface area contributed by atoms with E-state index in [0.29, 0.717) is 16.3 Å². The van der Waals surface area contributed by atoms with Crippen LogP contribution < -0.4 is 11.2 Å². The lowest BCUT2D eigenvalue weighted by Crippen LogP contribution is -2.60. The first-order valence-corrected chi connectivity index (χ1v) is 17.4. The molecule has 22 nitrogen and oxygen atoms in total. The van der Waals surface area contributed by atoms with Gasteiger partial charge in [0.1, 0.15) is 31.0 Å². The second-order valence-corrected chi connectivity index (χ2v) is 14.4. The number of thioether (sulfide) groups is 1. The van der Waals surface area contributed by atoms with Gasteiger partial charge in [0.25, 0.3) is 5.56 Å². The quantitative estimate of drug-likeness (QED) is 0.0844. The predicted molar refractivity (Wildman–Crippen MR) is 153 cm³/mol. The van der Waals surface area contributed by atoms with E-state index in [0.717, 1.165) is 40.0 Å². The average molecular weight is 751 g/mol. The third kappa shape index (κ3) is 10.9. The van der Waals surface area contributed by atoms with Crippen molar-refractivity contribution < 1.29 is 85.4 Å². The van der Waals surface area contributed by atoms with E-state index in [-0.39, 0.29) is 0 Å². The average Bonchev–Trinajstić information content (AvgIpc) is 3.21. The first-order valence-electron chi connectivity index (χ1n) is 13.5. The normalized spacial score (nSPS) is 31.2. The Bertz CT molecular complexity index is 1580. The Morgan fingerprint density at radius 1 is 0.896 bits per heavy atom. The fourth-order valence-electron chi connectivity index (χ4n) is 4.47. The molecule has 1 aromatic rings. The number of phosphoric acid groups is 2. The summed E-state index contributed by atoms with van der Waals surface area (Å²) in [5.41, 5.74) is -1.79. The molecule has 0 bridgehead atoms. The molecule has 2 saturated heterocycles. The summed E-state index contributed by atoms with van der Waals surface area (Å²) in [6.45, 7) is 2.31. The van der Waals surface area contributed by atoms with Gasteiger partial charge < -0.3 is 43.7 Å². The summed E-state index contributed by atoms with van der Waals surface area (Å²) in [5, 5.41) is 18.8. The molecule has 2 aliphatic rings. The number of aliphatic hydroxyl groups excluding tert-OH is 2. The third-order valence-electron chi connectivity index (χ3n) is 6.26. The van der Waals surface area contributed by atoms with Crippen molar-refractivity contribution >= 4 is 50.4 Å². The molecule has 0 radical (unpaired) electrons. The lowest BCUT2D eigenvalue weighted by molar-refractivity contribution is -0.255. The van der Waals surface area contributed by atoms with Gasteiger partial charge in [0.2, 0.25) is 6.29 Å². The molecule has 2 unspecified atom stereocenters. The van der Waals surface area contributed by atoms with Crippen molar-refractivity contribution in [2.45, 2.75) is 82.1 Å². The van der Waals surface area contributed by atoms with E-state index in [9.17, 15) is 57.9 Å². The number of phosphoric ester groups is 2. The predicted octanol–water partition coefficient (Wildman–Crippen LogP) is -1.79. The first kappa shape index (κ1) is 39.6. The standard InChI is InChI=1S/C23H32N2O20P2S/c1-9(26)38-7-14-20(48-12(4)29)18(40-10(2)27)19(41-11(3)28)22(43-14)44-47(36,37)45-46(34,35)39-8-13-16(31)17(32)21(42-13)25-6-5-15(30)24-23(25)33/h5-6,13-14,16-22,31-32H,7-8H2,1-4H3,(H,34,35)(H,36,37)(H,24,30,33)/t13-,14-,16-,17-,18-,19-,20+,21-,22-/m1/s1. The number of nitrogens with zero attached hydrogens (tertiary/aromatic N) is 1. The Kier molecular flexibility index (Phi) is 13.4. The van der Waals surface area contributed by atoms with Crippen molar-refractivity contribution in [1.29, 1.82) is 0 Å². The summed E-state index contributed by atoms with van der Waals surface area (Å²) < 4.78 is 66.3. The summed E-state index contributed by atoms with van der Waals surface area (Å²) in [6.07, 6.45) is -13.2. The minimum absolute atomic E-state index is 0.534. The van der Waals surface area contributed by atoms with E-state index in [4.69, 9.17) is 28.2 Å². The number of carbonyl (C=O) groups excluding carboxylic acids is 4. The van der Waals surface area contributed by atoms with Gasteiger partial charge in [-0.3, -0.25) is 42.6 Å². The van der Waals surface area contributed by atoms with Crippen LogP contribution in [0.1, 0.15) is 33.9 Å². The Hall–Kier alpha value is -2.79. The van der Waals surface area contributed by atoms with Crippen molar-refractivity contribution in [3.8, 4) is 0 Å². The van der Waals surface area contributed by atoms with Crippen LogP contribution in [0, 0.1) is 0 Å². The molecule has 0 aromatic carbocycles. The molecule has 0 saturated carbocycles. The van der Waals surface area contributed by atoms with Gasteiger partial charge in [0, 0.05) is 40.0 Å². The van der Waals surface area contributed by atoms with Gasteiger partial charge in [0.05, 0.1) is 11.9 Å². The number of hydrogen-bond donors (Lipinski definition) is 5. The molecular weight excluding hydrogens is 718 g/mol. The first-order chi connectivity index (χ1) is 22.2. The molecule has 270 valence electrons. The monoisotopic (exact) mass is 750 g/mol. The molecule has 0 aliphatic carbocycles. The molecule has 3 heterocycles. The van der Waals surface area contributed by atoms with Crippen molar-refractivity contribution in [2.24, 2.45) is 0 Å². The summed E-state index contributed by atoms with van der Waals surface area (Å²) in [4.78, 5) is 93.3. The van der Waals surface area contributed by atoms with E-state index < -0.39 is 118 Å². The smallest absolute Gasteiger partial charge is 0.463 e. The number of carbonyl (C=O) groups is 4. The van der Waals surface area contributed by atoms with Crippen molar-refractivity contribution in [3.63, 3.8) is 0 Å². The van der Waals surface area contributed by atoms with E-state index in [1.165, 1.54) is 0 Å². The highest BCUT2D eigenvalue weighted by molar-refractivity contribution is 8.14. The number of aliphatic hydroxyl groups is 2. The molecular formula is C23H32N2O20P2S. The van der Waals surface area contributed by atoms with Gasteiger partial charge in [-0.1, -0.05) is 11.8 Å². The largest absolute Gasteiger partial charge is 0.483 e. The number of nitrogens with one attached hydrogen (secondary N) is 1. The summed E-state index contributed by atoms with van der Waals surface area (Å²) in [5.74, 6) is -2.84. The fourth-order valence-corrected chi connectivity index (χ4v) is 7.65. The highest BCUT2D eigenvalue weighted by Gasteiger charge is 2.54. The topological polar surface area (TPSA) is 312 Å². The maximum Gasteiger partial charge on any atom is 0.483 e. The number of H-pyrrole nitrogens is 1. The van der Waals surface area contributed by atoms with Crippen LogP contribution >= 0.6 is 27.4 Å². The molecule has 1 aromatic heterocycles. The molecule has 0 spiro atoms. The molecule has 2 fully saturated rings. The second kappa shape index (κ2) is 16.3. The molecule has 5 N–H and O–H groups in total. The Morgan fingerprint density at radius 2 is 1.52 bits per heavy atom. The van der Waals surface area contributed by atoms with Crippen LogP contribution in [0.5, 0.6) is 0 Å². The Morgan fingerprint density at radius 3 is 2.08 bits per heavy atom. The van der Waals surface area contributed by atoms with Crippen LogP contribution in [0.3, 0.4) is 0 Å². The number of hydrogen-bond acceptors (Lipinski definition) is 19. The molecule has 3 rings (SSSR count). The van der Waals surface area contributed by atoms with Crippen LogP contribution in [0.4, 0.5) is 0 Å². The zero-order chi connectivity index (χ0) is 36.1. The van der Waals surface area contributed by atoms with Gasteiger partial charge in [-0.25, -0.2) is 13.9 Å². The van der Waals surface area contributed by atoms with Crippen LogP contribution in [0.15, 0.2) is 21.9 Å². The van der Waals surface area contributed by atoms with Gasteiger partial charge >= 0.3 is 39.2 Å². The molecule has 11 atom stereocenters. The van der Waals surface area contributed by atoms with E-state index in [1.807, 2.05) is 4.98 Å². The number of aromatic amines is 1. The van der Waals surface area contributed by atoms with Gasteiger partial charge in [0.15, 0.2) is 23.6 Å². The molecule has 0 amide bonds. The highest BCUT2D eigenvalue weighted by Crippen LogP contribution is 2.61. The lowest BCUT2D eigenvalue weighted by Gasteiger charge is -2.44. The summed E-state index contributed by atoms with van der Waals surface area (Å²) in [7, 11) is -11.4. The molecule has 2 aliphatic heterocycles. The summed E-state index contributed by atoms with van der Waals surface area (Å²) in [6, 6.07) is 0.916. The number of esters is 3. The van der Waals surface area contributed by atoms with Gasteiger partial charge in [-0.2, -0.15) is 4.31 Å². The highest BCUT2D eigenvalue weighted by atomic mass is 32.2. The molecule has 25 heteroatoms. The SMILES string of the molecule is CC(=O)OC[C@H]1O[C@H](OP(=O)(O)OP(=O)(O)OC[C@H]2O[C@@H](n3ccc(=O)[nH]c3=O)[C@H](O)[C@@H]2O)[C@H](OC(C)=O)[C@@H](OC(C)=O)[C@H]1SC(C)=O. The van der Waals surface area contributed by atoms with Crippen molar-refractivity contribution in [3.05, 3.63) is 33.1 Å². The fraction of sp³-hybridized carbons (Fsp3) is 0.652. The maximum absolute atomic E-state index is 12.9. The Balaban J connectivity index is 1.79. The van der Waals surface area contributed by atoms with E-state index >= 15 is 0 Å². The van der Waals surface area contributed by atoms with Gasteiger partial charge in [-0.05, 0) is 0 Å². The zero-order valence-corrected chi connectivity index (χ0v) is 27.9. The van der Waals surface area contributed by atoms with Crippen LogP contribution in [-0.2, 0) is 65.4 Å². The van der Waals surface area contributed by atoms with Gasteiger partial charge in [-0.15, -0.1) is 0 Å². The van der Waals surface area contributed by atoms with E-state index in [2.05, 4.69) is 8.83 Å². The van der Waals surface area contributed by atoms with Crippen molar-refractivity contribution in [2.75, 3.05) is 13.2 Å². The summed E-state index contributed by atoms with van der Waals surface area (Å²) >= 11 is 0.534. The maximum atomic E-state index is 12.9. The van der Waals surface area contributed by atoms with Crippen LogP contribution in [-0.4, -0.2) is 114 Å². The molecule has 48 heavy (non-hydrogen) atoms. The van der Waals surface area contributed by atoms with Crippen molar-refractivity contribution in [1.82, 2.24) is 9.55 Å². The van der Waals surface area contributed by atoms with Crippen LogP contribution in [0.25, 0.3) is 0 Å². The second-order valence-electron chi connectivity index (χ2n) is 10.1. The minimum atomic E-state index is -5.80. The minimum Gasteiger partial charge on any atom is -0.463 e. The number of rotatable bonds is 13. The third-order valence-corrected chi connectivity index (χ3v) is 10.0.